The zero-order chi connectivity index (χ0) is 19.6. The van der Waals surface area contributed by atoms with Gasteiger partial charge in [0.25, 0.3) is 5.91 Å². The summed E-state index contributed by atoms with van der Waals surface area (Å²) >= 11 is 1.48. The van der Waals surface area contributed by atoms with Crippen LogP contribution in [0.15, 0.2) is 30.5 Å². The molecule has 0 radical (unpaired) electrons. The first-order valence-electron chi connectivity index (χ1n) is 8.85. The summed E-state index contributed by atoms with van der Waals surface area (Å²) < 4.78 is 8.07. The molecular weight excluding hydrogens is 362 g/mol. The Bertz CT molecular complexity index is 931. The molecule has 0 fully saturated rings. The summed E-state index contributed by atoms with van der Waals surface area (Å²) in [6, 6.07) is 7.70. The van der Waals surface area contributed by atoms with Crippen LogP contribution in [-0.4, -0.2) is 59.9 Å². The Hall–Kier alpha value is -2.45. The van der Waals surface area contributed by atoms with E-state index in [1.165, 1.54) is 11.3 Å². The molecule has 0 spiro atoms. The Balaban J connectivity index is 1.95. The molecule has 1 aromatic carbocycles. The lowest BCUT2D eigenvalue weighted by molar-refractivity contribution is 0.0979. The number of aromatic nitrogens is 3. The maximum Gasteiger partial charge on any atom is 0.280 e. The number of hydrogen-bond donors (Lipinski definition) is 0. The van der Waals surface area contributed by atoms with E-state index in [0.29, 0.717) is 17.4 Å². The van der Waals surface area contributed by atoms with Crippen LogP contribution in [-0.2, 0) is 0 Å². The van der Waals surface area contributed by atoms with Gasteiger partial charge in [-0.05, 0) is 52.2 Å². The molecule has 8 heteroatoms. The lowest BCUT2D eigenvalue weighted by Crippen LogP contribution is -2.37. The van der Waals surface area contributed by atoms with Gasteiger partial charge in [0.1, 0.15) is 5.75 Å². The van der Waals surface area contributed by atoms with E-state index in [0.717, 1.165) is 22.5 Å². The van der Waals surface area contributed by atoms with Crippen molar-refractivity contribution in [2.75, 3.05) is 39.2 Å². The summed E-state index contributed by atoms with van der Waals surface area (Å²) in [5, 5.41) is 5.10. The van der Waals surface area contributed by atoms with Crippen LogP contribution in [0.25, 0.3) is 10.2 Å². The van der Waals surface area contributed by atoms with Crippen LogP contribution in [0.5, 0.6) is 5.75 Å². The van der Waals surface area contributed by atoms with E-state index in [9.17, 15) is 4.79 Å². The van der Waals surface area contributed by atoms with Crippen molar-refractivity contribution in [2.45, 2.75) is 19.9 Å². The Labute approximate surface area is 163 Å². The number of carbonyl (C=O) groups is 1. The Morgan fingerprint density at radius 3 is 2.67 bits per heavy atom. The molecule has 1 amide bonds. The van der Waals surface area contributed by atoms with E-state index in [1.807, 2.05) is 57.2 Å². The second-order valence-electron chi connectivity index (χ2n) is 6.86. The van der Waals surface area contributed by atoms with Crippen molar-refractivity contribution in [3.8, 4) is 5.75 Å². The molecular formula is C19H25N5O2S. The highest BCUT2D eigenvalue weighted by molar-refractivity contribution is 7.22. The Morgan fingerprint density at radius 1 is 1.26 bits per heavy atom. The number of anilines is 1. The van der Waals surface area contributed by atoms with Gasteiger partial charge in [-0.15, -0.1) is 0 Å². The minimum atomic E-state index is -0.137. The van der Waals surface area contributed by atoms with Gasteiger partial charge in [-0.1, -0.05) is 11.3 Å². The molecule has 0 bridgehead atoms. The van der Waals surface area contributed by atoms with Gasteiger partial charge in [0.15, 0.2) is 10.8 Å². The van der Waals surface area contributed by atoms with Crippen molar-refractivity contribution in [2.24, 2.45) is 0 Å². The molecule has 3 rings (SSSR count). The quantitative estimate of drug-likeness (QED) is 0.622. The average molecular weight is 388 g/mol. The van der Waals surface area contributed by atoms with E-state index in [4.69, 9.17) is 4.74 Å². The van der Waals surface area contributed by atoms with Gasteiger partial charge in [0, 0.05) is 25.3 Å². The fourth-order valence-corrected chi connectivity index (χ4v) is 3.62. The lowest BCUT2D eigenvalue weighted by atomic mass is 10.3. The first kappa shape index (κ1) is 19.3. The normalized spacial score (nSPS) is 11.5. The summed E-state index contributed by atoms with van der Waals surface area (Å²) in [4.78, 5) is 21.6. The van der Waals surface area contributed by atoms with Crippen molar-refractivity contribution in [3.63, 3.8) is 0 Å². The van der Waals surface area contributed by atoms with E-state index in [2.05, 4.69) is 10.1 Å². The Kier molecular flexibility index (Phi) is 5.76. The van der Waals surface area contributed by atoms with E-state index in [-0.39, 0.29) is 11.9 Å². The molecule has 2 heterocycles. The van der Waals surface area contributed by atoms with Crippen LogP contribution in [0.3, 0.4) is 0 Å². The molecule has 0 aliphatic carbocycles. The smallest absolute Gasteiger partial charge is 0.280 e. The zero-order valence-electron chi connectivity index (χ0n) is 16.3. The van der Waals surface area contributed by atoms with E-state index < -0.39 is 0 Å². The van der Waals surface area contributed by atoms with Crippen molar-refractivity contribution in [3.05, 3.63) is 36.2 Å². The lowest BCUT2D eigenvalue weighted by Gasteiger charge is -2.21. The second-order valence-corrected chi connectivity index (χ2v) is 7.87. The van der Waals surface area contributed by atoms with Gasteiger partial charge < -0.3 is 9.64 Å². The molecule has 144 valence electrons. The number of amides is 1. The predicted molar refractivity (Wildman–Crippen MR) is 109 cm³/mol. The minimum Gasteiger partial charge on any atom is -0.497 e. The van der Waals surface area contributed by atoms with Crippen LogP contribution in [0.4, 0.5) is 5.13 Å². The molecule has 0 unspecified atom stereocenters. The highest BCUT2D eigenvalue weighted by Crippen LogP contribution is 2.32. The van der Waals surface area contributed by atoms with Crippen LogP contribution >= 0.6 is 11.3 Å². The van der Waals surface area contributed by atoms with Gasteiger partial charge in [-0.2, -0.15) is 5.10 Å². The molecule has 0 N–H and O–H groups in total. The van der Waals surface area contributed by atoms with E-state index in [1.54, 1.807) is 22.8 Å². The Morgan fingerprint density at radius 2 is 2.04 bits per heavy atom. The summed E-state index contributed by atoms with van der Waals surface area (Å²) in [6.07, 6.45) is 1.84. The number of thiazole rings is 1. The zero-order valence-corrected chi connectivity index (χ0v) is 17.2. The third-order valence-electron chi connectivity index (χ3n) is 4.19. The predicted octanol–water partition coefficient (Wildman–Crippen LogP) is 3.29. The van der Waals surface area contributed by atoms with Crippen molar-refractivity contribution in [1.29, 1.82) is 0 Å². The number of likely N-dealkylation sites (N-methyl/N-ethyl adjacent to an activating group) is 1. The number of methoxy groups -OCH3 is 1. The summed E-state index contributed by atoms with van der Waals surface area (Å²) in [5.74, 6) is 0.641. The molecule has 2 aromatic heterocycles. The number of ether oxygens (including phenoxy) is 1. The van der Waals surface area contributed by atoms with E-state index >= 15 is 0 Å². The first-order valence-corrected chi connectivity index (χ1v) is 9.67. The number of benzene rings is 1. The highest BCUT2D eigenvalue weighted by Gasteiger charge is 2.23. The van der Waals surface area contributed by atoms with Crippen molar-refractivity contribution in [1.82, 2.24) is 19.7 Å². The summed E-state index contributed by atoms with van der Waals surface area (Å²) in [6.45, 7) is 5.34. The average Bonchev–Trinajstić information content (AvgIpc) is 3.27. The molecule has 3 aromatic rings. The minimum absolute atomic E-state index is 0.137. The molecule has 0 aliphatic heterocycles. The molecule has 0 saturated carbocycles. The standard InChI is InChI=1S/C19H25N5O2S/c1-13(2)24-9-8-16(21-24)18(25)23(11-10-22(3)4)19-20-15-7-6-14(26-5)12-17(15)27-19/h6-9,12-13H,10-11H2,1-5H3. The maximum atomic E-state index is 13.2. The fraction of sp³-hybridized carbons (Fsp3) is 0.421. The molecule has 27 heavy (non-hydrogen) atoms. The summed E-state index contributed by atoms with van der Waals surface area (Å²) in [5.41, 5.74) is 1.28. The topological polar surface area (TPSA) is 63.5 Å². The SMILES string of the molecule is COc1ccc2nc(N(CCN(C)C)C(=O)c3ccn(C(C)C)n3)sc2c1. The fourth-order valence-electron chi connectivity index (χ4n) is 2.60. The highest BCUT2D eigenvalue weighted by atomic mass is 32.1. The van der Waals surface area contributed by atoms with Gasteiger partial charge in [-0.3, -0.25) is 14.4 Å². The third-order valence-corrected chi connectivity index (χ3v) is 5.23. The molecule has 0 aliphatic rings. The van der Waals surface area contributed by atoms with Crippen molar-refractivity contribution >= 4 is 32.6 Å². The molecule has 0 atom stereocenters. The maximum absolute atomic E-state index is 13.2. The third kappa shape index (κ3) is 4.28. The van der Waals surface area contributed by atoms with Gasteiger partial charge in [0.05, 0.1) is 17.3 Å². The number of fused-ring (bicyclic) bond motifs is 1. The monoisotopic (exact) mass is 387 g/mol. The van der Waals surface area contributed by atoms with Gasteiger partial charge in [0.2, 0.25) is 0 Å². The van der Waals surface area contributed by atoms with Crippen molar-refractivity contribution < 1.29 is 9.53 Å². The molecule has 0 saturated heterocycles. The number of rotatable bonds is 7. The second kappa shape index (κ2) is 8.06. The number of nitrogens with zero attached hydrogens (tertiary/aromatic N) is 5. The first-order chi connectivity index (χ1) is 12.9. The van der Waals surface area contributed by atoms with Gasteiger partial charge in [-0.25, -0.2) is 4.98 Å². The van der Waals surface area contributed by atoms with Crippen LogP contribution in [0.1, 0.15) is 30.4 Å². The van der Waals surface area contributed by atoms with Gasteiger partial charge >= 0.3 is 0 Å². The van der Waals surface area contributed by atoms with Crippen LogP contribution in [0.2, 0.25) is 0 Å². The van der Waals surface area contributed by atoms with Crippen LogP contribution < -0.4 is 9.64 Å². The number of carbonyl (C=O) groups excluding carboxylic acids is 1. The summed E-state index contributed by atoms with van der Waals surface area (Å²) in [7, 11) is 5.61. The number of hydrogen-bond acceptors (Lipinski definition) is 6. The largest absolute Gasteiger partial charge is 0.497 e. The molecule has 7 nitrogen and oxygen atoms in total. The van der Waals surface area contributed by atoms with Crippen LogP contribution in [0, 0.1) is 0 Å².